The van der Waals surface area contributed by atoms with E-state index < -0.39 is 174 Å². The van der Waals surface area contributed by atoms with Crippen LogP contribution in [0.5, 0.6) is 0 Å². The molecule has 558 valence electrons. The van der Waals surface area contributed by atoms with Gasteiger partial charge >= 0.3 is 6.18 Å². The van der Waals surface area contributed by atoms with Crippen molar-refractivity contribution in [3.05, 3.63) is 0 Å². The van der Waals surface area contributed by atoms with Crippen molar-refractivity contribution >= 4 is 82.5 Å². The third kappa shape index (κ3) is 20.5. The van der Waals surface area contributed by atoms with E-state index in [0.29, 0.717) is 77.3 Å². The van der Waals surface area contributed by atoms with Gasteiger partial charge in [0.1, 0.15) is 47.8 Å². The molecule has 0 radical (unpaired) electrons. The van der Waals surface area contributed by atoms with Gasteiger partial charge in [-0.1, -0.05) is 66.2 Å². The monoisotopic (exact) mass is 1420 g/mol. The van der Waals surface area contributed by atoms with E-state index in [2.05, 4.69) is 16.0 Å². The van der Waals surface area contributed by atoms with Gasteiger partial charge in [-0.2, -0.15) is 13.2 Å². The maximum Gasteiger partial charge on any atom is 0.393 e. The van der Waals surface area contributed by atoms with E-state index in [1.165, 1.54) is 68.9 Å². The van der Waals surface area contributed by atoms with Crippen LogP contribution in [0.15, 0.2) is 0 Å². The van der Waals surface area contributed by atoms with Gasteiger partial charge in [-0.25, -0.2) is 0 Å². The van der Waals surface area contributed by atoms with Gasteiger partial charge in [-0.3, -0.25) is 57.5 Å². The van der Waals surface area contributed by atoms with Gasteiger partial charge < -0.3 is 64.8 Å². The Morgan fingerprint density at radius 3 is 1.84 bits per heavy atom. The van der Waals surface area contributed by atoms with Crippen molar-refractivity contribution in [1.29, 1.82) is 0 Å². The van der Waals surface area contributed by atoms with E-state index in [4.69, 9.17) is 16.3 Å². The van der Waals surface area contributed by atoms with Crippen molar-refractivity contribution in [3.63, 3.8) is 0 Å². The molecule has 99 heavy (non-hydrogen) atoms. The van der Waals surface area contributed by atoms with E-state index in [-0.39, 0.29) is 88.9 Å². The Bertz CT molecular complexity index is 2890. The van der Waals surface area contributed by atoms with Gasteiger partial charge in [0.25, 0.3) is 0 Å². The van der Waals surface area contributed by atoms with Crippen LogP contribution in [0.2, 0.25) is 0 Å². The molecule has 0 bridgehead atoms. The van der Waals surface area contributed by atoms with Gasteiger partial charge in [0.2, 0.25) is 70.9 Å². The van der Waals surface area contributed by atoms with E-state index in [1.54, 1.807) is 11.8 Å². The molecule has 7 aliphatic rings. The van der Waals surface area contributed by atoms with Crippen molar-refractivity contribution in [2.45, 2.75) is 247 Å². The maximum atomic E-state index is 15.8. The molecule has 3 N–H and O–H groups in total. The second-order valence-electron chi connectivity index (χ2n) is 30.0. The van der Waals surface area contributed by atoms with Crippen molar-refractivity contribution in [3.8, 4) is 0 Å². The number of carbonyl (C=O) groups excluding carboxylic acids is 12. The number of fused-ring (bicyclic) bond motifs is 1. The van der Waals surface area contributed by atoms with Gasteiger partial charge in [0.05, 0.1) is 44.7 Å². The third-order valence-corrected chi connectivity index (χ3v) is 22.7. The molecule has 3 saturated heterocycles. The number of alkyl halides is 4. The van der Waals surface area contributed by atoms with Crippen LogP contribution in [0.3, 0.4) is 0 Å². The first-order valence-electron chi connectivity index (χ1n) is 36.3. The molecule has 0 aromatic heterocycles. The Kier molecular flexibility index (Phi) is 28.7. The molecule has 3 heterocycles. The van der Waals surface area contributed by atoms with Crippen LogP contribution < -0.4 is 16.0 Å². The summed E-state index contributed by atoms with van der Waals surface area (Å²) >= 11 is 6.39. The molecule has 11 atom stereocenters. The standard InChI is InChI=1S/C70H112ClF3N12O13/c1-12-44(4)59-66(96)80(7)40-57(89)78(5)41-58(90)82(9)54(42-99-47-27-28-47)64(94)79(6)39-55(87)75-50(30-26-45-25-29-48(49(71)37-45)70(72,73)74)63(93)86-35-21-24-51(86)62(92)77-69(31-17-18-32-69)68(98)84(11)60(46-22-15-13-16-23-46)67(97)83(10)53(65(95)85-33-19-14-20-34-85)38-56(88)81(8)52(36-43(2)3)61(91)76-59/h43-54,59-60H,12-42H2,1-11H3,(H,75,87)(H,76,91)(H,77,92)/t44-,45?,48?,49?,50-,51-,52-,53-,54-,59-,60-/m0/s1. The van der Waals surface area contributed by atoms with Gasteiger partial charge in [0.15, 0.2) is 0 Å². The lowest BCUT2D eigenvalue weighted by Gasteiger charge is -2.43. The number of ether oxygens (including phenoxy) is 1. The molecule has 0 aromatic carbocycles. The minimum absolute atomic E-state index is 0.00886. The van der Waals surface area contributed by atoms with E-state index in [1.807, 2.05) is 20.8 Å². The van der Waals surface area contributed by atoms with Crippen molar-refractivity contribution in [1.82, 2.24) is 60.0 Å². The minimum atomic E-state index is -4.51. The van der Waals surface area contributed by atoms with Crippen molar-refractivity contribution < 1.29 is 75.4 Å². The average Bonchev–Trinajstić information content (AvgIpc) is 1.76. The van der Waals surface area contributed by atoms with E-state index in [9.17, 15) is 41.9 Å². The number of nitrogens with zero attached hydrogens (tertiary/aromatic N) is 9. The largest absolute Gasteiger partial charge is 0.393 e. The number of hydrogen-bond donors (Lipinski definition) is 3. The number of halogens is 4. The number of amides is 12. The molecule has 29 heteroatoms. The lowest BCUT2D eigenvalue weighted by molar-refractivity contribution is -0.182. The Balaban J connectivity index is 1.27. The number of hydrogen-bond acceptors (Lipinski definition) is 13. The predicted octanol–water partition coefficient (Wildman–Crippen LogP) is 4.69. The zero-order valence-corrected chi connectivity index (χ0v) is 61.1. The zero-order chi connectivity index (χ0) is 73.0. The van der Waals surface area contributed by atoms with Gasteiger partial charge in [0, 0.05) is 74.3 Å². The Morgan fingerprint density at radius 2 is 1.23 bits per heavy atom. The fourth-order valence-electron chi connectivity index (χ4n) is 15.5. The van der Waals surface area contributed by atoms with Crippen molar-refractivity contribution in [2.75, 3.05) is 95.2 Å². The van der Waals surface area contributed by atoms with Gasteiger partial charge in [-0.15, -0.1) is 11.6 Å². The first-order chi connectivity index (χ1) is 46.7. The second kappa shape index (κ2) is 35.5. The summed E-state index contributed by atoms with van der Waals surface area (Å²) in [5.74, 6) is -11.0. The summed E-state index contributed by atoms with van der Waals surface area (Å²) in [7, 11) is 9.85. The van der Waals surface area contributed by atoms with E-state index >= 15 is 28.8 Å². The highest BCUT2D eigenvalue weighted by Crippen LogP contribution is 2.44. The molecule has 3 unspecified atom stereocenters. The van der Waals surface area contributed by atoms with Crippen molar-refractivity contribution in [2.24, 2.45) is 29.6 Å². The fourth-order valence-corrected chi connectivity index (χ4v) is 16.0. The zero-order valence-electron chi connectivity index (χ0n) is 60.3. The van der Waals surface area contributed by atoms with Crippen LogP contribution in [0.4, 0.5) is 13.2 Å². The van der Waals surface area contributed by atoms with Crippen LogP contribution >= 0.6 is 11.6 Å². The van der Waals surface area contributed by atoms with Crippen LogP contribution in [0.25, 0.3) is 0 Å². The number of piperidine rings is 1. The molecule has 25 nitrogen and oxygen atoms in total. The Hall–Kier alpha value is -6.32. The van der Waals surface area contributed by atoms with Crippen LogP contribution in [0, 0.1) is 29.6 Å². The predicted molar refractivity (Wildman–Crippen MR) is 362 cm³/mol. The lowest BCUT2D eigenvalue weighted by Crippen LogP contribution is -2.65. The minimum Gasteiger partial charge on any atom is -0.376 e. The van der Waals surface area contributed by atoms with Crippen LogP contribution in [0.1, 0.15) is 182 Å². The summed E-state index contributed by atoms with van der Waals surface area (Å²) in [5, 5.41) is 7.55. The molecular weight excluding hydrogens is 1310 g/mol. The molecule has 0 aromatic rings. The SMILES string of the molecule is CC[C@H](C)[C@@H]1NC(=O)[C@H](CC(C)C)N(C)C(=O)C[C@@H](C(=O)N2CCCCC2)N(C)C(=O)[C@H](C2CCCCC2)N(C)C(=O)C2(CCCC2)NC(=O)[C@@H]2CCCN2C(=O)[C@H](CCC2CCC(C(F)(F)F)C(Cl)C2)NC(=O)CN(C)C(=O)[C@H](COC2CC2)N(C)C(=O)CN(C)C(=O)CN(C)C1=O. The summed E-state index contributed by atoms with van der Waals surface area (Å²) in [6.07, 6.45) is 4.39. The molecule has 1 spiro atoms. The lowest BCUT2D eigenvalue weighted by atomic mass is 9.78. The molecule has 4 aliphatic carbocycles. The number of carbonyl (C=O) groups is 12. The smallest absolute Gasteiger partial charge is 0.376 e. The second-order valence-corrected chi connectivity index (χ2v) is 30.6. The molecule has 3 aliphatic heterocycles. The summed E-state index contributed by atoms with van der Waals surface area (Å²) in [6, 6.07) is -8.79. The van der Waals surface area contributed by atoms with Gasteiger partial charge in [-0.05, 0) is 133 Å². The third-order valence-electron chi connectivity index (χ3n) is 22.2. The highest BCUT2D eigenvalue weighted by molar-refractivity contribution is 6.21. The summed E-state index contributed by atoms with van der Waals surface area (Å²) in [4.78, 5) is 190. The molecule has 4 saturated carbocycles. The highest BCUT2D eigenvalue weighted by Gasteiger charge is 2.52. The highest BCUT2D eigenvalue weighted by atomic mass is 35.5. The molecule has 7 rings (SSSR count). The topological polar surface area (TPSA) is 279 Å². The normalized spacial score (nSPS) is 29.9. The number of likely N-dealkylation sites (tertiary alicyclic amines) is 1. The maximum absolute atomic E-state index is 15.8. The average molecular weight is 1420 g/mol. The first-order valence-corrected chi connectivity index (χ1v) is 36.8. The fraction of sp³-hybridized carbons (Fsp3) is 0.829. The van der Waals surface area contributed by atoms with E-state index in [0.717, 1.165) is 45.3 Å². The summed E-state index contributed by atoms with van der Waals surface area (Å²) in [5.41, 5.74) is -1.56. The quantitative estimate of drug-likeness (QED) is 0.224. The Morgan fingerprint density at radius 1 is 0.616 bits per heavy atom. The molecular formula is C70H112ClF3N12O13. The summed E-state index contributed by atoms with van der Waals surface area (Å²) < 4.78 is 47.9. The number of likely N-dealkylation sites (N-methyl/N-ethyl adjacent to an activating group) is 7. The van der Waals surface area contributed by atoms with Crippen LogP contribution in [-0.2, 0) is 62.3 Å². The molecule has 7 fully saturated rings. The molecule has 12 amide bonds. The first kappa shape index (κ1) is 80.0. The van der Waals surface area contributed by atoms with Crippen LogP contribution in [-0.4, -0.2) is 276 Å². The Labute approximate surface area is 587 Å². The number of nitrogens with one attached hydrogen (secondary N) is 3. The number of rotatable bonds is 12. The summed E-state index contributed by atoms with van der Waals surface area (Å²) in [6.45, 7) is 6.10.